The Morgan fingerprint density at radius 2 is 1.85 bits per heavy atom. The maximum Gasteiger partial charge on any atom is 0.335 e. The first-order valence-corrected chi connectivity index (χ1v) is 9.50. The van der Waals surface area contributed by atoms with E-state index in [4.69, 9.17) is 44.6 Å². The molecule has 144 valence electrons. The molecule has 0 radical (unpaired) electrons. The molecule has 0 spiro atoms. The fourth-order valence-electron chi connectivity index (χ4n) is 1.68. The molecule has 0 aliphatic heterocycles. The van der Waals surface area contributed by atoms with Crippen LogP contribution in [0.1, 0.15) is 10.4 Å². The molecule has 0 saturated heterocycles. The van der Waals surface area contributed by atoms with Crippen LogP contribution in [0.5, 0.6) is 5.88 Å². The van der Waals surface area contributed by atoms with E-state index in [1.54, 1.807) is 0 Å². The summed E-state index contributed by atoms with van der Waals surface area (Å²) in [7, 11) is -4.20. The van der Waals surface area contributed by atoms with Crippen LogP contribution in [0.2, 0.25) is 15.2 Å². The van der Waals surface area contributed by atoms with E-state index in [0.29, 0.717) is 0 Å². The number of amides is 1. The Morgan fingerprint density at radius 3 is 2.52 bits per heavy atom. The molecule has 1 heterocycles. The van der Waals surface area contributed by atoms with E-state index in [2.05, 4.69) is 4.98 Å². The highest BCUT2D eigenvalue weighted by Gasteiger charge is 2.18. The SMILES string of the molecule is O=C(COc1nc(Cl)c(Cl)cc1Cl)NNS(=O)(=O)c1cccc(C(=O)O)c1. The van der Waals surface area contributed by atoms with Gasteiger partial charge in [0, 0.05) is 0 Å². The van der Waals surface area contributed by atoms with Crippen LogP contribution in [0, 0.1) is 0 Å². The van der Waals surface area contributed by atoms with Gasteiger partial charge in [0.05, 0.1) is 15.5 Å². The molecule has 13 heteroatoms. The first kappa shape index (κ1) is 21.2. The average molecular weight is 455 g/mol. The highest BCUT2D eigenvalue weighted by Crippen LogP contribution is 2.30. The zero-order valence-electron chi connectivity index (χ0n) is 13.1. The lowest BCUT2D eigenvalue weighted by atomic mass is 10.2. The van der Waals surface area contributed by atoms with E-state index in [1.165, 1.54) is 18.2 Å². The fourth-order valence-corrected chi connectivity index (χ4v) is 3.13. The van der Waals surface area contributed by atoms with Crippen molar-refractivity contribution in [1.82, 2.24) is 15.2 Å². The molecule has 0 fully saturated rings. The maximum atomic E-state index is 12.1. The van der Waals surface area contributed by atoms with Crippen molar-refractivity contribution in [1.29, 1.82) is 0 Å². The molecule has 1 aromatic heterocycles. The second-order valence-corrected chi connectivity index (χ2v) is 7.68. The molecule has 1 aromatic carbocycles. The molecule has 3 N–H and O–H groups in total. The van der Waals surface area contributed by atoms with Crippen LogP contribution in [0.25, 0.3) is 0 Å². The van der Waals surface area contributed by atoms with Crippen molar-refractivity contribution in [2.24, 2.45) is 0 Å². The third-order valence-corrected chi connectivity index (χ3v) is 5.10. The van der Waals surface area contributed by atoms with E-state index in [-0.39, 0.29) is 31.5 Å². The number of carbonyl (C=O) groups excluding carboxylic acids is 1. The number of nitrogens with zero attached hydrogens (tertiary/aromatic N) is 1. The third-order valence-electron chi connectivity index (χ3n) is 2.91. The normalized spacial score (nSPS) is 11.1. The van der Waals surface area contributed by atoms with Crippen molar-refractivity contribution >= 4 is 56.7 Å². The second-order valence-electron chi connectivity index (χ2n) is 4.82. The molecule has 0 aliphatic carbocycles. The minimum absolute atomic E-state index is 0.00302. The minimum Gasteiger partial charge on any atom is -0.478 e. The van der Waals surface area contributed by atoms with Crippen molar-refractivity contribution < 1.29 is 27.9 Å². The largest absolute Gasteiger partial charge is 0.478 e. The summed E-state index contributed by atoms with van der Waals surface area (Å²) in [6.07, 6.45) is 0. The summed E-state index contributed by atoms with van der Waals surface area (Å²) < 4.78 is 29.2. The topological polar surface area (TPSA) is 135 Å². The molecule has 9 nitrogen and oxygen atoms in total. The van der Waals surface area contributed by atoms with E-state index in [1.807, 2.05) is 10.3 Å². The lowest BCUT2D eigenvalue weighted by Crippen LogP contribution is -2.43. The van der Waals surface area contributed by atoms with Gasteiger partial charge < -0.3 is 9.84 Å². The highest BCUT2D eigenvalue weighted by atomic mass is 35.5. The molecule has 0 unspecified atom stereocenters. The Bertz CT molecular complexity index is 1000. The van der Waals surface area contributed by atoms with Gasteiger partial charge in [-0.15, -0.1) is 4.83 Å². The Kier molecular flexibility index (Phi) is 6.84. The number of aromatic carboxylic acids is 1. The number of carboxylic acid groups (broad SMARTS) is 1. The molecule has 27 heavy (non-hydrogen) atoms. The number of benzene rings is 1. The summed E-state index contributed by atoms with van der Waals surface area (Å²) in [6.45, 7) is -0.637. The molecule has 1 amide bonds. The Labute approximate surface area is 168 Å². The van der Waals surface area contributed by atoms with Crippen molar-refractivity contribution in [3.05, 3.63) is 51.1 Å². The number of hydrogen-bond donors (Lipinski definition) is 3. The van der Waals surface area contributed by atoms with Crippen molar-refractivity contribution in [2.75, 3.05) is 6.61 Å². The van der Waals surface area contributed by atoms with Gasteiger partial charge >= 0.3 is 5.97 Å². The molecule has 0 bridgehead atoms. The predicted octanol–water partition coefficient (Wildman–Crippen LogP) is 2.13. The zero-order chi connectivity index (χ0) is 20.2. The molecule has 2 aromatic rings. The zero-order valence-corrected chi connectivity index (χ0v) is 16.2. The average Bonchev–Trinajstić information content (AvgIpc) is 2.62. The molecular formula is C14H10Cl3N3O6S. The van der Waals surface area contributed by atoms with Gasteiger partial charge in [-0.3, -0.25) is 10.2 Å². The summed E-state index contributed by atoms with van der Waals surface area (Å²) in [4.78, 5) is 27.8. The van der Waals surface area contributed by atoms with Gasteiger partial charge in [-0.1, -0.05) is 40.9 Å². The number of sulfonamides is 1. The quantitative estimate of drug-likeness (QED) is 0.431. The Balaban J connectivity index is 1.98. The summed E-state index contributed by atoms with van der Waals surface area (Å²) in [5, 5.41) is 8.90. The number of halogens is 3. The second kappa shape index (κ2) is 8.72. The summed E-state index contributed by atoms with van der Waals surface area (Å²) in [5.41, 5.74) is 1.68. The van der Waals surface area contributed by atoms with Crippen LogP contribution in [-0.4, -0.2) is 37.0 Å². The standard InChI is InChI=1S/C14H10Cl3N3O6S/c15-9-5-10(16)13(18-12(9)17)26-6-11(21)19-20-27(24,25)8-3-1-2-7(4-8)14(22)23/h1-5,20H,6H2,(H,19,21)(H,22,23). The number of carbonyl (C=O) groups is 2. The van der Waals surface area contributed by atoms with E-state index < -0.39 is 28.5 Å². The van der Waals surface area contributed by atoms with Gasteiger partial charge in [-0.05, 0) is 24.3 Å². The van der Waals surface area contributed by atoms with Crippen molar-refractivity contribution in [3.63, 3.8) is 0 Å². The summed E-state index contributed by atoms with van der Waals surface area (Å²) in [5.74, 6) is -2.34. The van der Waals surface area contributed by atoms with Crippen molar-refractivity contribution in [2.45, 2.75) is 4.90 Å². The Morgan fingerprint density at radius 1 is 1.15 bits per heavy atom. The van der Waals surface area contributed by atoms with E-state index >= 15 is 0 Å². The van der Waals surface area contributed by atoms with E-state index in [0.717, 1.165) is 12.1 Å². The van der Waals surface area contributed by atoms with Gasteiger partial charge in [0.2, 0.25) is 5.88 Å². The lowest BCUT2D eigenvalue weighted by molar-refractivity contribution is -0.123. The number of carboxylic acids is 1. The molecule has 0 saturated carbocycles. The lowest BCUT2D eigenvalue weighted by Gasteiger charge is -2.10. The van der Waals surface area contributed by atoms with Gasteiger partial charge in [0.1, 0.15) is 5.02 Å². The Hall–Kier alpha value is -2.11. The molecule has 2 rings (SSSR count). The van der Waals surface area contributed by atoms with Gasteiger partial charge in [0.15, 0.2) is 11.8 Å². The number of aromatic nitrogens is 1. The number of ether oxygens (including phenoxy) is 1. The number of pyridine rings is 1. The minimum atomic E-state index is -4.20. The van der Waals surface area contributed by atoms with Crippen LogP contribution in [0.15, 0.2) is 35.2 Å². The number of nitrogens with one attached hydrogen (secondary N) is 2. The predicted molar refractivity (Wildman–Crippen MR) is 96.6 cm³/mol. The van der Waals surface area contributed by atoms with Gasteiger partial charge in [-0.2, -0.15) is 4.98 Å². The summed E-state index contributed by atoms with van der Waals surface area (Å²) in [6, 6.07) is 5.84. The third kappa shape index (κ3) is 5.68. The van der Waals surface area contributed by atoms with E-state index in [9.17, 15) is 18.0 Å². The van der Waals surface area contributed by atoms with Crippen LogP contribution in [0.3, 0.4) is 0 Å². The summed E-state index contributed by atoms with van der Waals surface area (Å²) >= 11 is 17.3. The smallest absolute Gasteiger partial charge is 0.335 e. The van der Waals surface area contributed by atoms with Gasteiger partial charge in [0.25, 0.3) is 15.9 Å². The van der Waals surface area contributed by atoms with Gasteiger partial charge in [-0.25, -0.2) is 13.2 Å². The van der Waals surface area contributed by atoms with Crippen molar-refractivity contribution in [3.8, 4) is 5.88 Å². The van der Waals surface area contributed by atoms with Crippen LogP contribution >= 0.6 is 34.8 Å². The van der Waals surface area contributed by atoms with Crippen LogP contribution in [0.4, 0.5) is 0 Å². The molecule has 0 aliphatic rings. The number of hydrazine groups is 1. The first-order chi connectivity index (χ1) is 12.6. The molecule has 0 atom stereocenters. The van der Waals surface area contributed by atoms with Crippen LogP contribution in [-0.2, 0) is 14.8 Å². The highest BCUT2D eigenvalue weighted by molar-refractivity contribution is 7.89. The maximum absolute atomic E-state index is 12.1. The first-order valence-electron chi connectivity index (χ1n) is 6.88. The monoisotopic (exact) mass is 453 g/mol. The number of hydrogen-bond acceptors (Lipinski definition) is 6. The number of rotatable bonds is 7. The fraction of sp³-hybridized carbons (Fsp3) is 0.0714. The molecular weight excluding hydrogens is 445 g/mol. The van der Waals surface area contributed by atoms with Crippen LogP contribution < -0.4 is 15.0 Å².